The summed E-state index contributed by atoms with van der Waals surface area (Å²) in [4.78, 5) is 14.8. The van der Waals surface area contributed by atoms with Gasteiger partial charge in [0, 0.05) is 16.7 Å². The van der Waals surface area contributed by atoms with Crippen LogP contribution < -0.4 is 0 Å². The summed E-state index contributed by atoms with van der Waals surface area (Å²) in [6.45, 7) is 0. The van der Waals surface area contributed by atoms with Crippen molar-refractivity contribution in [3.8, 4) is 67.5 Å². The summed E-state index contributed by atoms with van der Waals surface area (Å²) in [5.41, 5.74) is 14.8. The SMILES string of the molecule is c1ccc(-c2nc(-c3ccccc3)nc(-c3ccc(-c4ccc(-c5ccc6c(c5)C(c5ccccc5)(c5ccccc5)c5ccccc5-6)c5ccccc45)cc3)n2)cc1. The normalized spacial score (nSPS) is 12.5. The molecule has 9 aromatic carbocycles. The molecule has 1 heterocycles. The first-order valence-electron chi connectivity index (χ1n) is 20.1. The highest BCUT2D eigenvalue weighted by atomic mass is 15.0. The average Bonchev–Trinajstić information content (AvgIpc) is 3.62. The minimum atomic E-state index is -0.454. The zero-order valence-electron chi connectivity index (χ0n) is 32.2. The molecule has 0 atom stereocenters. The molecule has 1 aliphatic rings. The second-order valence-corrected chi connectivity index (χ2v) is 15.1. The van der Waals surface area contributed by atoms with Gasteiger partial charge in [-0.05, 0) is 72.5 Å². The Labute approximate surface area is 344 Å². The molecule has 0 fully saturated rings. The van der Waals surface area contributed by atoms with Gasteiger partial charge in [0.1, 0.15) is 0 Å². The van der Waals surface area contributed by atoms with Crippen molar-refractivity contribution >= 4 is 10.8 Å². The van der Waals surface area contributed by atoms with Crippen LogP contribution in [0.4, 0.5) is 0 Å². The molecule has 3 heteroatoms. The molecule has 276 valence electrons. The fourth-order valence-electron chi connectivity index (χ4n) is 9.15. The van der Waals surface area contributed by atoms with E-state index in [2.05, 4.69) is 164 Å². The molecule has 0 amide bonds. The lowest BCUT2D eigenvalue weighted by atomic mass is 9.67. The van der Waals surface area contributed by atoms with Crippen molar-refractivity contribution in [3.63, 3.8) is 0 Å². The van der Waals surface area contributed by atoms with Crippen LogP contribution in [0.25, 0.3) is 78.3 Å². The van der Waals surface area contributed by atoms with Gasteiger partial charge in [0.15, 0.2) is 17.5 Å². The molecule has 10 aromatic rings. The second-order valence-electron chi connectivity index (χ2n) is 15.1. The van der Waals surface area contributed by atoms with E-state index in [9.17, 15) is 0 Å². The van der Waals surface area contributed by atoms with Gasteiger partial charge in [-0.3, -0.25) is 0 Å². The molecule has 0 aliphatic heterocycles. The van der Waals surface area contributed by atoms with Crippen LogP contribution >= 0.6 is 0 Å². The third-order valence-electron chi connectivity index (χ3n) is 11.8. The van der Waals surface area contributed by atoms with Crippen molar-refractivity contribution in [1.82, 2.24) is 15.0 Å². The van der Waals surface area contributed by atoms with Gasteiger partial charge in [0.2, 0.25) is 0 Å². The summed E-state index contributed by atoms with van der Waals surface area (Å²) >= 11 is 0. The molecule has 0 radical (unpaired) electrons. The highest BCUT2D eigenvalue weighted by Crippen LogP contribution is 2.57. The summed E-state index contributed by atoms with van der Waals surface area (Å²) < 4.78 is 0. The maximum atomic E-state index is 4.96. The second kappa shape index (κ2) is 14.3. The van der Waals surface area contributed by atoms with Crippen molar-refractivity contribution < 1.29 is 0 Å². The molecular weight excluding hydrogens is 715 g/mol. The van der Waals surface area contributed by atoms with E-state index in [4.69, 9.17) is 15.0 Å². The lowest BCUT2D eigenvalue weighted by molar-refractivity contribution is 0.769. The van der Waals surface area contributed by atoms with Crippen LogP contribution in [-0.4, -0.2) is 15.0 Å². The minimum Gasteiger partial charge on any atom is -0.208 e. The third kappa shape index (κ3) is 5.78. The van der Waals surface area contributed by atoms with Crippen LogP contribution in [-0.2, 0) is 5.41 Å². The Morgan fingerprint density at radius 2 is 0.627 bits per heavy atom. The van der Waals surface area contributed by atoms with E-state index in [1.165, 1.54) is 60.8 Å². The standard InChI is InChI=1S/C56H37N3/c1-5-17-39(18-6-1)53-57-54(40-19-7-2-8-20-40)59-55(58-53)41-31-29-38(30-32-41)45-35-36-46(48-26-14-13-25-47(45)48)42-33-34-50-49-27-15-16-28-51(49)56(52(50)37-42,43-21-9-3-10-22-43)44-23-11-4-12-24-44/h1-37H. The molecule has 0 N–H and O–H groups in total. The Bertz CT molecular complexity index is 3030. The van der Waals surface area contributed by atoms with Crippen LogP contribution in [0.1, 0.15) is 22.3 Å². The Kier molecular flexibility index (Phi) is 8.37. The number of nitrogens with zero attached hydrogens (tertiary/aromatic N) is 3. The van der Waals surface area contributed by atoms with Crippen LogP contribution in [0, 0.1) is 0 Å². The fraction of sp³-hybridized carbons (Fsp3) is 0.0179. The topological polar surface area (TPSA) is 38.7 Å². The molecule has 0 spiro atoms. The van der Waals surface area contributed by atoms with E-state index in [1.54, 1.807) is 0 Å². The predicted molar refractivity (Wildman–Crippen MR) is 242 cm³/mol. The van der Waals surface area contributed by atoms with Gasteiger partial charge in [0.25, 0.3) is 0 Å². The van der Waals surface area contributed by atoms with E-state index >= 15 is 0 Å². The molecule has 0 unspecified atom stereocenters. The van der Waals surface area contributed by atoms with E-state index in [0.29, 0.717) is 17.5 Å². The summed E-state index contributed by atoms with van der Waals surface area (Å²) in [5.74, 6) is 1.95. The van der Waals surface area contributed by atoms with Crippen LogP contribution in [0.3, 0.4) is 0 Å². The Morgan fingerprint density at radius 3 is 1.17 bits per heavy atom. The highest BCUT2D eigenvalue weighted by Gasteiger charge is 2.46. The van der Waals surface area contributed by atoms with Crippen molar-refractivity contribution in [1.29, 1.82) is 0 Å². The van der Waals surface area contributed by atoms with Gasteiger partial charge < -0.3 is 0 Å². The van der Waals surface area contributed by atoms with E-state index in [1.807, 2.05) is 60.7 Å². The lowest BCUT2D eigenvalue weighted by Gasteiger charge is -2.34. The number of hydrogen-bond donors (Lipinski definition) is 0. The molecule has 11 rings (SSSR count). The third-order valence-corrected chi connectivity index (χ3v) is 11.8. The molecule has 0 saturated carbocycles. The predicted octanol–water partition coefficient (Wildman–Crippen LogP) is 13.7. The largest absolute Gasteiger partial charge is 0.208 e. The zero-order chi connectivity index (χ0) is 39.2. The van der Waals surface area contributed by atoms with Gasteiger partial charge in [-0.25, -0.2) is 15.0 Å². The number of hydrogen-bond acceptors (Lipinski definition) is 3. The van der Waals surface area contributed by atoms with Crippen LogP contribution in [0.2, 0.25) is 0 Å². The van der Waals surface area contributed by atoms with Gasteiger partial charge >= 0.3 is 0 Å². The van der Waals surface area contributed by atoms with E-state index in [0.717, 1.165) is 22.3 Å². The first-order valence-corrected chi connectivity index (χ1v) is 20.1. The molecular formula is C56H37N3. The summed E-state index contributed by atoms with van der Waals surface area (Å²) in [5, 5.41) is 2.42. The number of fused-ring (bicyclic) bond motifs is 4. The lowest BCUT2D eigenvalue weighted by Crippen LogP contribution is -2.28. The molecule has 59 heavy (non-hydrogen) atoms. The molecule has 0 saturated heterocycles. The summed E-state index contributed by atoms with van der Waals surface area (Å²) in [6.07, 6.45) is 0. The highest BCUT2D eigenvalue weighted by molar-refractivity contribution is 6.05. The van der Waals surface area contributed by atoms with Crippen molar-refractivity contribution in [3.05, 3.63) is 247 Å². The molecule has 0 bridgehead atoms. The van der Waals surface area contributed by atoms with Gasteiger partial charge in [-0.1, -0.05) is 218 Å². The quantitative estimate of drug-likeness (QED) is 0.163. The van der Waals surface area contributed by atoms with Gasteiger partial charge in [0.05, 0.1) is 5.41 Å². The smallest absolute Gasteiger partial charge is 0.164 e. The Morgan fingerprint density at radius 1 is 0.254 bits per heavy atom. The monoisotopic (exact) mass is 751 g/mol. The molecule has 3 nitrogen and oxygen atoms in total. The van der Waals surface area contributed by atoms with Crippen LogP contribution in [0.5, 0.6) is 0 Å². The van der Waals surface area contributed by atoms with Crippen LogP contribution in [0.15, 0.2) is 224 Å². The zero-order valence-corrected chi connectivity index (χ0v) is 32.2. The maximum Gasteiger partial charge on any atom is 0.164 e. The number of aromatic nitrogens is 3. The first kappa shape index (κ1) is 34.5. The summed E-state index contributed by atoms with van der Waals surface area (Å²) in [7, 11) is 0. The average molecular weight is 752 g/mol. The number of benzene rings is 9. The summed E-state index contributed by atoms with van der Waals surface area (Å²) in [6, 6.07) is 80.2. The van der Waals surface area contributed by atoms with E-state index in [-0.39, 0.29) is 0 Å². The molecule has 1 aliphatic carbocycles. The first-order chi connectivity index (χ1) is 29.3. The Hall–Kier alpha value is -7.75. The van der Waals surface area contributed by atoms with Crippen molar-refractivity contribution in [2.45, 2.75) is 5.41 Å². The fourth-order valence-corrected chi connectivity index (χ4v) is 9.15. The van der Waals surface area contributed by atoms with Gasteiger partial charge in [-0.2, -0.15) is 0 Å². The maximum absolute atomic E-state index is 4.96. The Balaban J connectivity index is 1.02. The minimum absolute atomic E-state index is 0.454. The number of rotatable bonds is 7. The van der Waals surface area contributed by atoms with Crippen molar-refractivity contribution in [2.75, 3.05) is 0 Å². The van der Waals surface area contributed by atoms with E-state index < -0.39 is 5.41 Å². The molecule has 1 aromatic heterocycles. The van der Waals surface area contributed by atoms with Crippen molar-refractivity contribution in [2.24, 2.45) is 0 Å². The van der Waals surface area contributed by atoms with Gasteiger partial charge in [-0.15, -0.1) is 0 Å².